The first-order chi connectivity index (χ1) is 10.1. The molecule has 1 unspecified atom stereocenters. The second-order valence-electron chi connectivity index (χ2n) is 4.82. The van der Waals surface area contributed by atoms with Gasteiger partial charge in [0.2, 0.25) is 5.91 Å². The summed E-state index contributed by atoms with van der Waals surface area (Å²) in [5, 5.41) is 16.3. The molecule has 112 valence electrons. The molecule has 0 bridgehead atoms. The zero-order chi connectivity index (χ0) is 15.1. The molecule has 7 heteroatoms. The van der Waals surface area contributed by atoms with Crippen molar-refractivity contribution < 1.29 is 9.53 Å². The number of nitrogens with zero attached hydrogens (tertiary/aromatic N) is 3. The first-order valence-electron chi connectivity index (χ1n) is 6.87. The van der Waals surface area contributed by atoms with Crippen LogP contribution < -0.4 is 10.1 Å². The van der Waals surface area contributed by atoms with Gasteiger partial charge in [0.15, 0.2) is 5.82 Å². The number of aromatic amines is 1. The van der Waals surface area contributed by atoms with Gasteiger partial charge in [0, 0.05) is 6.42 Å². The van der Waals surface area contributed by atoms with Crippen molar-refractivity contribution in [2.75, 3.05) is 6.61 Å². The van der Waals surface area contributed by atoms with Crippen LogP contribution >= 0.6 is 0 Å². The van der Waals surface area contributed by atoms with E-state index >= 15 is 0 Å². The fourth-order valence-electron chi connectivity index (χ4n) is 1.79. The first-order valence-corrected chi connectivity index (χ1v) is 6.87. The number of carbonyl (C=O) groups excluding carboxylic acids is 1. The van der Waals surface area contributed by atoms with E-state index in [0.717, 1.165) is 5.75 Å². The van der Waals surface area contributed by atoms with E-state index in [-0.39, 0.29) is 11.9 Å². The molecule has 1 atom stereocenters. The summed E-state index contributed by atoms with van der Waals surface area (Å²) in [6.07, 6.45) is 1.05. The lowest BCUT2D eigenvalue weighted by Gasteiger charge is -2.10. The van der Waals surface area contributed by atoms with Crippen LogP contribution in [0, 0.1) is 6.92 Å². The number of H-pyrrole nitrogens is 1. The quantitative estimate of drug-likeness (QED) is 0.754. The van der Waals surface area contributed by atoms with Crippen LogP contribution in [0.15, 0.2) is 24.3 Å². The summed E-state index contributed by atoms with van der Waals surface area (Å²) < 4.78 is 5.57. The normalized spacial score (nSPS) is 11.9. The lowest BCUT2D eigenvalue weighted by molar-refractivity contribution is -0.122. The molecular weight excluding hydrogens is 270 g/mol. The summed E-state index contributed by atoms with van der Waals surface area (Å²) in [4.78, 5) is 11.8. The Balaban J connectivity index is 1.64. The minimum Gasteiger partial charge on any atom is -0.494 e. The lowest BCUT2D eigenvalue weighted by atomic mass is 10.2. The summed E-state index contributed by atoms with van der Waals surface area (Å²) in [6, 6.07) is 7.58. The molecule has 2 rings (SSSR count). The van der Waals surface area contributed by atoms with Gasteiger partial charge in [0.25, 0.3) is 0 Å². The zero-order valence-corrected chi connectivity index (χ0v) is 12.2. The number of carbonyl (C=O) groups is 1. The first kappa shape index (κ1) is 15.0. The van der Waals surface area contributed by atoms with Gasteiger partial charge in [-0.05, 0) is 32.4 Å². The maximum Gasteiger partial charge on any atom is 0.220 e. The maximum atomic E-state index is 11.8. The average molecular weight is 289 g/mol. The number of nitrogens with one attached hydrogen (secondary N) is 2. The topological polar surface area (TPSA) is 92.8 Å². The highest BCUT2D eigenvalue weighted by atomic mass is 16.5. The Kier molecular flexibility index (Phi) is 5.25. The molecular formula is C14H19N5O2. The number of aryl methyl sites for hydroxylation is 1. The predicted molar refractivity (Wildman–Crippen MR) is 76.6 cm³/mol. The van der Waals surface area contributed by atoms with Crippen molar-refractivity contribution in [2.45, 2.75) is 32.7 Å². The smallest absolute Gasteiger partial charge is 0.220 e. The third kappa shape index (κ3) is 4.87. The van der Waals surface area contributed by atoms with Crippen LogP contribution in [-0.4, -0.2) is 33.1 Å². The van der Waals surface area contributed by atoms with Crippen molar-refractivity contribution in [1.29, 1.82) is 0 Å². The van der Waals surface area contributed by atoms with Crippen LogP contribution in [0.4, 0.5) is 0 Å². The summed E-state index contributed by atoms with van der Waals surface area (Å²) in [5.41, 5.74) is 1.19. The lowest BCUT2D eigenvalue weighted by Crippen LogP contribution is -2.27. The number of hydrogen-bond acceptors (Lipinski definition) is 5. The van der Waals surface area contributed by atoms with E-state index in [4.69, 9.17) is 4.74 Å². The summed E-state index contributed by atoms with van der Waals surface area (Å²) in [6.45, 7) is 4.34. The fraction of sp³-hybridized carbons (Fsp3) is 0.429. The van der Waals surface area contributed by atoms with Crippen LogP contribution in [0.25, 0.3) is 0 Å². The van der Waals surface area contributed by atoms with E-state index in [9.17, 15) is 4.79 Å². The molecule has 0 saturated heterocycles. The minimum atomic E-state index is -0.255. The summed E-state index contributed by atoms with van der Waals surface area (Å²) in [7, 11) is 0. The van der Waals surface area contributed by atoms with Crippen LogP contribution in [0.3, 0.4) is 0 Å². The molecule has 0 spiro atoms. The monoisotopic (exact) mass is 289 g/mol. The minimum absolute atomic E-state index is 0.0557. The SMILES string of the molecule is Cc1ccc(OCCCC(=O)NC(C)c2nn[nH]n2)cc1. The van der Waals surface area contributed by atoms with Gasteiger partial charge >= 0.3 is 0 Å². The number of ether oxygens (including phenoxy) is 1. The van der Waals surface area contributed by atoms with Crippen molar-refractivity contribution in [3.63, 3.8) is 0 Å². The average Bonchev–Trinajstić information content (AvgIpc) is 3.00. The van der Waals surface area contributed by atoms with Crippen LogP contribution in [0.2, 0.25) is 0 Å². The van der Waals surface area contributed by atoms with Gasteiger partial charge in [-0.25, -0.2) is 0 Å². The van der Waals surface area contributed by atoms with E-state index in [1.807, 2.05) is 38.1 Å². The van der Waals surface area contributed by atoms with E-state index in [1.165, 1.54) is 5.56 Å². The van der Waals surface area contributed by atoms with Crippen LogP contribution in [0.5, 0.6) is 5.75 Å². The van der Waals surface area contributed by atoms with Gasteiger partial charge in [-0.1, -0.05) is 22.9 Å². The zero-order valence-electron chi connectivity index (χ0n) is 12.2. The van der Waals surface area contributed by atoms with Crippen molar-refractivity contribution >= 4 is 5.91 Å². The molecule has 0 radical (unpaired) electrons. The Bertz CT molecular complexity index is 553. The van der Waals surface area contributed by atoms with Crippen LogP contribution in [0.1, 0.15) is 37.2 Å². The van der Waals surface area contributed by atoms with Crippen molar-refractivity contribution in [3.05, 3.63) is 35.7 Å². The number of rotatable bonds is 7. The van der Waals surface area contributed by atoms with E-state index in [1.54, 1.807) is 0 Å². The predicted octanol–water partition coefficient (Wildman–Crippen LogP) is 1.54. The molecule has 2 aromatic rings. The van der Waals surface area contributed by atoms with E-state index in [0.29, 0.717) is 25.3 Å². The number of aromatic nitrogens is 4. The van der Waals surface area contributed by atoms with Gasteiger partial charge in [0.05, 0.1) is 12.6 Å². The molecule has 7 nitrogen and oxygen atoms in total. The van der Waals surface area contributed by atoms with E-state index < -0.39 is 0 Å². The summed E-state index contributed by atoms with van der Waals surface area (Å²) in [5.74, 6) is 1.24. The largest absolute Gasteiger partial charge is 0.494 e. The standard InChI is InChI=1S/C14H19N5O2/c1-10-5-7-12(8-6-10)21-9-3-4-13(20)15-11(2)14-16-18-19-17-14/h5-8,11H,3-4,9H2,1-2H3,(H,15,20)(H,16,17,18,19). The Morgan fingerprint density at radius 2 is 2.14 bits per heavy atom. The van der Waals surface area contributed by atoms with Gasteiger partial charge in [-0.3, -0.25) is 4.79 Å². The highest BCUT2D eigenvalue weighted by Gasteiger charge is 2.12. The van der Waals surface area contributed by atoms with Crippen molar-refractivity contribution in [3.8, 4) is 5.75 Å². The van der Waals surface area contributed by atoms with Crippen LogP contribution in [-0.2, 0) is 4.79 Å². The molecule has 0 aliphatic carbocycles. The third-order valence-corrected chi connectivity index (χ3v) is 2.96. The Morgan fingerprint density at radius 3 is 2.81 bits per heavy atom. The molecule has 1 heterocycles. The number of hydrogen-bond donors (Lipinski definition) is 2. The molecule has 1 aromatic heterocycles. The molecule has 1 aromatic carbocycles. The molecule has 1 amide bonds. The van der Waals surface area contributed by atoms with Gasteiger partial charge in [-0.15, -0.1) is 10.2 Å². The molecule has 2 N–H and O–H groups in total. The van der Waals surface area contributed by atoms with Crippen molar-refractivity contribution in [2.24, 2.45) is 0 Å². The molecule has 0 saturated carbocycles. The summed E-state index contributed by atoms with van der Waals surface area (Å²) >= 11 is 0. The van der Waals surface area contributed by atoms with Gasteiger partial charge < -0.3 is 10.1 Å². The molecule has 0 aliphatic rings. The Morgan fingerprint density at radius 1 is 1.38 bits per heavy atom. The van der Waals surface area contributed by atoms with Gasteiger partial charge in [0.1, 0.15) is 5.75 Å². The van der Waals surface area contributed by atoms with Gasteiger partial charge in [-0.2, -0.15) is 5.21 Å². The second kappa shape index (κ2) is 7.37. The number of amides is 1. The Labute approximate surface area is 123 Å². The molecule has 0 aliphatic heterocycles. The molecule has 21 heavy (non-hydrogen) atoms. The molecule has 0 fully saturated rings. The highest BCUT2D eigenvalue weighted by molar-refractivity contribution is 5.76. The fourth-order valence-corrected chi connectivity index (χ4v) is 1.79. The third-order valence-electron chi connectivity index (χ3n) is 2.96. The highest BCUT2D eigenvalue weighted by Crippen LogP contribution is 2.12. The Hall–Kier alpha value is -2.44. The second-order valence-corrected chi connectivity index (χ2v) is 4.82. The maximum absolute atomic E-state index is 11.8. The van der Waals surface area contributed by atoms with E-state index in [2.05, 4.69) is 25.9 Å². The van der Waals surface area contributed by atoms with Crippen molar-refractivity contribution in [1.82, 2.24) is 25.9 Å². The number of tetrazole rings is 1. The number of benzene rings is 1.